The van der Waals surface area contributed by atoms with Crippen molar-refractivity contribution in [2.45, 2.75) is 61.9 Å². The van der Waals surface area contributed by atoms with E-state index in [0.717, 1.165) is 34.7 Å². The fraction of sp³-hybridized carbons (Fsp3) is 0.372. The molecule has 2 fully saturated rings. The number of β-lactam (4-membered cyclic amide) rings is 1. The molecule has 0 radical (unpaired) electrons. The molecule has 16 nitrogen and oxygen atoms in total. The van der Waals surface area contributed by atoms with Crippen LogP contribution in [0.5, 0.6) is 23.0 Å². The molecule has 3 atom stereocenters. The maximum absolute atomic E-state index is 13.6. The first kappa shape index (κ1) is 47.0. The minimum absolute atomic E-state index is 0.0498. The number of Topliss-reactive ketones (excluding diaryl/α,β-unsaturated/α-hetero) is 1. The quantitative estimate of drug-likeness (QED) is 0.0324. The smallest absolute Gasteiger partial charge is 0.350 e. The Morgan fingerprint density at radius 2 is 1.62 bits per heavy atom. The van der Waals surface area contributed by atoms with E-state index in [0.29, 0.717) is 34.4 Å². The molecular formula is C43H45ClN4O12S3. The number of ether oxygens (including phenoxy) is 4. The molecule has 3 N–H and O–H groups in total. The summed E-state index contributed by atoms with van der Waals surface area (Å²) in [6, 6.07) is 17.8. The number of rotatable bonds is 22. The molecule has 6 rings (SSSR count). The average Bonchev–Trinajstić information content (AvgIpc) is 3.86. The number of methoxy groups -OCH3 is 2. The normalized spacial score (nSPS) is 18.2. The van der Waals surface area contributed by atoms with Crippen LogP contribution in [0.3, 0.4) is 0 Å². The molecule has 0 unspecified atom stereocenters. The number of hydrogen-bond acceptors (Lipinski definition) is 15. The summed E-state index contributed by atoms with van der Waals surface area (Å²) in [7, 11) is 3.16. The highest BCUT2D eigenvalue weighted by Gasteiger charge is 2.62. The van der Waals surface area contributed by atoms with Gasteiger partial charge in [-0.3, -0.25) is 14.4 Å². The Morgan fingerprint density at radius 3 is 2.19 bits per heavy atom. The van der Waals surface area contributed by atoms with Crippen molar-refractivity contribution in [2.24, 2.45) is 11.1 Å². The van der Waals surface area contributed by atoms with Gasteiger partial charge in [-0.25, -0.2) is 14.6 Å². The topological polar surface area (TPSA) is 212 Å². The number of aromatic nitrogens is 1. The molecule has 0 aliphatic carbocycles. The second kappa shape index (κ2) is 20.3. The predicted molar refractivity (Wildman–Crippen MR) is 238 cm³/mol. The van der Waals surface area contributed by atoms with Crippen LogP contribution in [-0.4, -0.2) is 103 Å². The van der Waals surface area contributed by atoms with Crippen LogP contribution >= 0.6 is 46.5 Å². The average molecular weight is 942 g/mol. The molecule has 0 bridgehead atoms. The summed E-state index contributed by atoms with van der Waals surface area (Å²) < 4.78 is 21.3. The first-order chi connectivity index (χ1) is 30.0. The van der Waals surface area contributed by atoms with Gasteiger partial charge in [0.15, 0.2) is 27.1 Å². The van der Waals surface area contributed by atoms with Gasteiger partial charge in [0.1, 0.15) is 30.4 Å². The summed E-state index contributed by atoms with van der Waals surface area (Å²) in [5.74, 6) is -2.48. The summed E-state index contributed by atoms with van der Waals surface area (Å²) in [4.78, 5) is 75.7. The summed E-state index contributed by atoms with van der Waals surface area (Å²) in [6.45, 7) is 4.70. The van der Waals surface area contributed by atoms with Gasteiger partial charge in [0.2, 0.25) is 11.5 Å². The van der Waals surface area contributed by atoms with Gasteiger partial charge in [0.25, 0.3) is 5.91 Å². The fourth-order valence-corrected chi connectivity index (χ4v) is 10.4. The lowest BCUT2D eigenvalue weighted by atomic mass is 9.90. The minimum Gasteiger partial charge on any atom is -0.497 e. The number of benzene rings is 3. The number of ketones is 1. The van der Waals surface area contributed by atoms with Crippen LogP contribution in [0, 0.1) is 12.8 Å². The number of aryl methyl sites for hydroxylation is 1. The second-order valence-corrected chi connectivity index (χ2v) is 19.4. The maximum Gasteiger partial charge on any atom is 0.350 e. The van der Waals surface area contributed by atoms with Crippen LogP contribution in [0.2, 0.25) is 5.02 Å². The highest BCUT2D eigenvalue weighted by molar-refractivity contribution is 8.19. The Labute approximate surface area is 380 Å². The van der Waals surface area contributed by atoms with Crippen LogP contribution < -0.4 is 24.3 Å². The lowest BCUT2D eigenvalue weighted by molar-refractivity contribution is -0.161. The van der Waals surface area contributed by atoms with E-state index in [1.807, 2.05) is 36.4 Å². The van der Waals surface area contributed by atoms with Gasteiger partial charge >= 0.3 is 11.9 Å². The summed E-state index contributed by atoms with van der Waals surface area (Å²) >= 11 is 10.3. The van der Waals surface area contributed by atoms with E-state index in [1.165, 1.54) is 30.1 Å². The van der Waals surface area contributed by atoms with Crippen LogP contribution in [0.1, 0.15) is 58.9 Å². The molecule has 3 heterocycles. The summed E-state index contributed by atoms with van der Waals surface area (Å²) in [6.07, 6.45) is 0.0752. The van der Waals surface area contributed by atoms with Crippen molar-refractivity contribution >= 4 is 81.7 Å². The van der Waals surface area contributed by atoms with Crippen molar-refractivity contribution in [3.8, 4) is 23.0 Å². The highest BCUT2D eigenvalue weighted by atomic mass is 35.5. The van der Waals surface area contributed by atoms with E-state index >= 15 is 0 Å². The van der Waals surface area contributed by atoms with Crippen LogP contribution in [0.4, 0.5) is 0 Å². The zero-order chi connectivity index (χ0) is 45.5. The van der Waals surface area contributed by atoms with E-state index < -0.39 is 44.6 Å². The van der Waals surface area contributed by atoms with Crippen molar-refractivity contribution in [3.63, 3.8) is 0 Å². The number of thioether (sulfide) groups is 2. The Bertz CT molecular complexity index is 2380. The number of thiazole rings is 1. The van der Waals surface area contributed by atoms with Gasteiger partial charge in [0.05, 0.1) is 47.6 Å². The van der Waals surface area contributed by atoms with Gasteiger partial charge < -0.3 is 44.2 Å². The Hall–Kier alpha value is -5.50. The molecule has 3 aromatic carbocycles. The van der Waals surface area contributed by atoms with Crippen molar-refractivity contribution in [1.82, 2.24) is 15.2 Å². The van der Waals surface area contributed by atoms with Gasteiger partial charge in [-0.2, -0.15) is 0 Å². The number of carboxylic acid groups (broad SMARTS) is 2. The number of oxime groups is 1. The molecule has 0 spiro atoms. The number of carbonyl (C=O) groups excluding carboxylic acids is 3. The maximum atomic E-state index is 13.6. The van der Waals surface area contributed by atoms with Crippen LogP contribution in [-0.2, 0) is 37.2 Å². The molecule has 2 aliphatic rings. The number of aliphatic carboxylic acids is 2. The number of carbonyl (C=O) groups is 5. The minimum atomic E-state index is -1.74. The molecule has 2 aliphatic heterocycles. The number of carboxylic acids is 2. The molecule has 63 heavy (non-hydrogen) atoms. The van der Waals surface area contributed by atoms with Gasteiger partial charge in [0, 0.05) is 18.3 Å². The second-order valence-electron chi connectivity index (χ2n) is 14.9. The number of amides is 2. The molecule has 334 valence electrons. The number of nitrogens with zero attached hydrogens (tertiary/aromatic N) is 3. The van der Waals surface area contributed by atoms with Gasteiger partial charge in [-0.15, -0.1) is 34.9 Å². The van der Waals surface area contributed by atoms with Crippen molar-refractivity contribution in [2.75, 3.05) is 33.1 Å². The Balaban J connectivity index is 1.06. The molecule has 2 saturated heterocycles. The van der Waals surface area contributed by atoms with Crippen LogP contribution in [0.25, 0.3) is 0 Å². The van der Waals surface area contributed by atoms with E-state index in [4.69, 9.17) is 35.4 Å². The number of hydrogen-bond donors (Lipinski definition) is 3. The van der Waals surface area contributed by atoms with Crippen molar-refractivity contribution in [3.05, 3.63) is 98.5 Å². The zero-order valence-corrected chi connectivity index (χ0v) is 38.1. The van der Waals surface area contributed by atoms with E-state index in [-0.39, 0.29) is 66.4 Å². The van der Waals surface area contributed by atoms with E-state index in [9.17, 15) is 34.2 Å². The van der Waals surface area contributed by atoms with Gasteiger partial charge in [-0.1, -0.05) is 41.0 Å². The first-order valence-corrected chi connectivity index (χ1v) is 22.6. The highest BCUT2D eigenvalue weighted by Crippen LogP contribution is 2.55. The van der Waals surface area contributed by atoms with Crippen molar-refractivity contribution < 1.29 is 58.0 Å². The number of nitrogens with one attached hydrogen (secondary N) is 1. The predicted octanol–water partition coefficient (Wildman–Crippen LogP) is 6.69. The first-order valence-electron chi connectivity index (χ1n) is 19.5. The monoisotopic (exact) mass is 940 g/mol. The third kappa shape index (κ3) is 11.0. The summed E-state index contributed by atoms with van der Waals surface area (Å²) in [5, 5.41) is 28.3. The largest absolute Gasteiger partial charge is 0.497 e. The Kier molecular flexibility index (Phi) is 15.2. The SMILES string of the molecule is COc1ccc(COc2ccc(C(=O)NCCCS[C@]3(C(=O)O)CN4C(=O)[C@@H](CC(=O)/C(=N\OC(C)(C)C(=O)O)c5csc(C)n5)[C@H]4S3)c(Cl)c2OCc2ccc(OC)cc2)cc1. The number of halogens is 1. The lowest BCUT2D eigenvalue weighted by Gasteiger charge is -2.41. The molecule has 0 saturated carbocycles. The standard InChI is InChI=1S/C43H45ClN4O12S3/c1-24-46-31(22-61-24)35(47-60-42(2,3)40(52)53)32(49)19-30-38(51)48-23-43(41(54)55,63-39(30)48)62-18-6-17-45-37(50)29-15-16-33(58-20-25-7-11-27(56-4)12-8-25)36(34(29)44)59-21-26-9-13-28(57-5)14-10-26/h7-16,22,30,39H,6,17-21,23H2,1-5H3,(H,45,50)(H,52,53)(H,54,55)/b47-35-/t30-,39-,43-/m1/s1. The fourth-order valence-electron chi connectivity index (χ4n) is 6.35. The number of fused-ring (bicyclic) bond motifs is 1. The molecule has 2 amide bonds. The molecule has 20 heteroatoms. The molecule has 1 aromatic heterocycles. The molecule has 4 aromatic rings. The van der Waals surface area contributed by atoms with Crippen LogP contribution in [0.15, 0.2) is 71.2 Å². The Morgan fingerprint density at radius 1 is 0.984 bits per heavy atom. The van der Waals surface area contributed by atoms with Gasteiger partial charge in [-0.05, 0) is 80.5 Å². The van der Waals surface area contributed by atoms with E-state index in [1.54, 1.807) is 50.8 Å². The third-order valence-corrected chi connectivity index (χ3v) is 14.6. The summed E-state index contributed by atoms with van der Waals surface area (Å²) in [5.41, 5.74) is 0.0584. The molecular weight excluding hydrogens is 896 g/mol. The van der Waals surface area contributed by atoms with E-state index in [2.05, 4.69) is 15.5 Å². The zero-order valence-electron chi connectivity index (χ0n) is 34.9. The van der Waals surface area contributed by atoms with Crippen molar-refractivity contribution in [1.29, 1.82) is 0 Å². The third-order valence-electron chi connectivity index (χ3n) is 10.0. The lowest BCUT2D eigenvalue weighted by Crippen LogP contribution is -2.57.